The molecule has 0 aliphatic carbocycles. The fourth-order valence-electron chi connectivity index (χ4n) is 2.37. The van der Waals surface area contributed by atoms with Gasteiger partial charge in [0.15, 0.2) is 0 Å². The van der Waals surface area contributed by atoms with Crippen LogP contribution in [0.1, 0.15) is 26.2 Å². The maximum absolute atomic E-state index is 10.5. The molecule has 1 aliphatic rings. The van der Waals surface area contributed by atoms with Crippen molar-refractivity contribution in [3.05, 3.63) is 34.4 Å². The van der Waals surface area contributed by atoms with Gasteiger partial charge in [-0.15, -0.1) is 0 Å². The van der Waals surface area contributed by atoms with E-state index in [9.17, 15) is 10.1 Å². The Bertz CT molecular complexity index is 375. The molecule has 1 fully saturated rings. The molecule has 0 N–H and O–H groups in total. The van der Waals surface area contributed by atoms with Gasteiger partial charge in [0.1, 0.15) is 0 Å². The average Bonchev–Trinajstić information content (AvgIpc) is 2.77. The van der Waals surface area contributed by atoms with Crippen molar-refractivity contribution in [1.29, 1.82) is 0 Å². The SMILES string of the molecule is CCC1CCCN1c1ccc([N+](=O)[O-])cc1. The Morgan fingerprint density at radius 2 is 2.12 bits per heavy atom. The molecule has 1 saturated heterocycles. The first-order chi connectivity index (χ1) is 7.72. The van der Waals surface area contributed by atoms with Crippen LogP contribution in [-0.4, -0.2) is 17.5 Å². The minimum atomic E-state index is -0.356. The van der Waals surface area contributed by atoms with Gasteiger partial charge in [-0.25, -0.2) is 0 Å². The van der Waals surface area contributed by atoms with Crippen LogP contribution in [0.2, 0.25) is 0 Å². The van der Waals surface area contributed by atoms with Crippen LogP contribution >= 0.6 is 0 Å². The number of non-ortho nitro benzene ring substituents is 1. The fraction of sp³-hybridized carbons (Fsp3) is 0.500. The van der Waals surface area contributed by atoms with Gasteiger partial charge in [-0.05, 0) is 31.4 Å². The quantitative estimate of drug-likeness (QED) is 0.581. The van der Waals surface area contributed by atoms with Crippen LogP contribution in [-0.2, 0) is 0 Å². The third-order valence-corrected chi connectivity index (χ3v) is 3.24. The average molecular weight is 220 g/mol. The maximum atomic E-state index is 10.5. The monoisotopic (exact) mass is 220 g/mol. The second-order valence-electron chi connectivity index (χ2n) is 4.17. The van der Waals surface area contributed by atoms with Crippen molar-refractivity contribution in [3.63, 3.8) is 0 Å². The molecular formula is C12H16N2O2. The van der Waals surface area contributed by atoms with Crippen LogP contribution in [0.4, 0.5) is 11.4 Å². The summed E-state index contributed by atoms with van der Waals surface area (Å²) in [5.41, 5.74) is 1.27. The van der Waals surface area contributed by atoms with Crippen molar-refractivity contribution in [2.75, 3.05) is 11.4 Å². The van der Waals surface area contributed by atoms with Gasteiger partial charge in [0.05, 0.1) is 4.92 Å². The Morgan fingerprint density at radius 1 is 1.44 bits per heavy atom. The molecule has 16 heavy (non-hydrogen) atoms. The van der Waals surface area contributed by atoms with E-state index in [1.165, 1.54) is 12.8 Å². The highest BCUT2D eigenvalue weighted by molar-refractivity contribution is 5.52. The van der Waals surface area contributed by atoms with E-state index < -0.39 is 0 Å². The number of anilines is 1. The van der Waals surface area contributed by atoms with Crippen molar-refractivity contribution in [2.24, 2.45) is 0 Å². The molecule has 4 heteroatoms. The van der Waals surface area contributed by atoms with Crippen LogP contribution in [0.5, 0.6) is 0 Å². The molecule has 0 spiro atoms. The molecule has 0 bridgehead atoms. The maximum Gasteiger partial charge on any atom is 0.269 e. The van der Waals surface area contributed by atoms with Gasteiger partial charge < -0.3 is 4.90 Å². The highest BCUT2D eigenvalue weighted by Gasteiger charge is 2.23. The molecule has 0 radical (unpaired) electrons. The van der Waals surface area contributed by atoms with Gasteiger partial charge >= 0.3 is 0 Å². The van der Waals surface area contributed by atoms with E-state index in [1.54, 1.807) is 12.1 Å². The number of hydrogen-bond donors (Lipinski definition) is 0. The van der Waals surface area contributed by atoms with Gasteiger partial charge in [-0.3, -0.25) is 10.1 Å². The minimum Gasteiger partial charge on any atom is -0.369 e. The third kappa shape index (κ3) is 2.01. The molecule has 4 nitrogen and oxygen atoms in total. The van der Waals surface area contributed by atoms with E-state index in [2.05, 4.69) is 11.8 Å². The second kappa shape index (κ2) is 4.51. The topological polar surface area (TPSA) is 46.4 Å². The molecule has 86 valence electrons. The summed E-state index contributed by atoms with van der Waals surface area (Å²) in [7, 11) is 0. The van der Waals surface area contributed by atoms with E-state index in [0.717, 1.165) is 18.7 Å². The highest BCUT2D eigenvalue weighted by atomic mass is 16.6. The summed E-state index contributed by atoms with van der Waals surface area (Å²) >= 11 is 0. The van der Waals surface area contributed by atoms with Gasteiger partial charge in [0.2, 0.25) is 0 Å². The molecule has 1 aliphatic heterocycles. The number of benzene rings is 1. The van der Waals surface area contributed by atoms with E-state index in [0.29, 0.717) is 6.04 Å². The number of hydrogen-bond acceptors (Lipinski definition) is 3. The van der Waals surface area contributed by atoms with Crippen molar-refractivity contribution < 1.29 is 4.92 Å². The molecule has 0 aromatic heterocycles. The van der Waals surface area contributed by atoms with E-state index >= 15 is 0 Å². The largest absolute Gasteiger partial charge is 0.369 e. The van der Waals surface area contributed by atoms with Gasteiger partial charge in [0, 0.05) is 30.4 Å². The predicted octanol–water partition coefficient (Wildman–Crippen LogP) is 2.97. The van der Waals surface area contributed by atoms with Crippen molar-refractivity contribution in [2.45, 2.75) is 32.2 Å². The lowest BCUT2D eigenvalue weighted by molar-refractivity contribution is -0.384. The third-order valence-electron chi connectivity index (χ3n) is 3.24. The van der Waals surface area contributed by atoms with Crippen LogP contribution in [0.15, 0.2) is 24.3 Å². The number of rotatable bonds is 3. The number of nitro benzene ring substituents is 1. The summed E-state index contributed by atoms with van der Waals surface area (Å²) < 4.78 is 0. The molecular weight excluding hydrogens is 204 g/mol. The molecule has 1 unspecified atom stereocenters. The van der Waals surface area contributed by atoms with E-state index in [-0.39, 0.29) is 10.6 Å². The summed E-state index contributed by atoms with van der Waals surface area (Å²) in [5.74, 6) is 0. The van der Waals surface area contributed by atoms with E-state index in [4.69, 9.17) is 0 Å². The second-order valence-corrected chi connectivity index (χ2v) is 4.17. The Labute approximate surface area is 95.0 Å². The van der Waals surface area contributed by atoms with Crippen molar-refractivity contribution >= 4 is 11.4 Å². The summed E-state index contributed by atoms with van der Waals surface area (Å²) in [6.07, 6.45) is 3.58. The minimum absolute atomic E-state index is 0.163. The fourth-order valence-corrected chi connectivity index (χ4v) is 2.37. The summed E-state index contributed by atoms with van der Waals surface area (Å²) in [4.78, 5) is 12.5. The lowest BCUT2D eigenvalue weighted by Crippen LogP contribution is -2.28. The Kier molecular flexibility index (Phi) is 3.08. The van der Waals surface area contributed by atoms with Crippen LogP contribution in [0.25, 0.3) is 0 Å². The molecule has 1 heterocycles. The zero-order chi connectivity index (χ0) is 11.5. The van der Waals surface area contributed by atoms with Crippen molar-refractivity contribution in [3.8, 4) is 0 Å². The Balaban J connectivity index is 2.18. The Morgan fingerprint density at radius 3 is 2.69 bits per heavy atom. The van der Waals surface area contributed by atoms with Crippen LogP contribution < -0.4 is 4.90 Å². The highest BCUT2D eigenvalue weighted by Crippen LogP contribution is 2.28. The number of nitro groups is 1. The van der Waals surface area contributed by atoms with Crippen LogP contribution in [0, 0.1) is 10.1 Å². The smallest absolute Gasteiger partial charge is 0.269 e. The van der Waals surface area contributed by atoms with Crippen molar-refractivity contribution in [1.82, 2.24) is 0 Å². The van der Waals surface area contributed by atoms with E-state index in [1.807, 2.05) is 12.1 Å². The lowest BCUT2D eigenvalue weighted by Gasteiger charge is -2.25. The number of nitrogens with zero attached hydrogens (tertiary/aromatic N) is 2. The first-order valence-corrected chi connectivity index (χ1v) is 5.73. The molecule has 0 saturated carbocycles. The molecule has 0 amide bonds. The molecule has 1 aromatic carbocycles. The first-order valence-electron chi connectivity index (χ1n) is 5.73. The predicted molar refractivity (Wildman–Crippen MR) is 63.8 cm³/mol. The lowest BCUT2D eigenvalue weighted by atomic mass is 10.1. The Hall–Kier alpha value is -1.58. The summed E-state index contributed by atoms with van der Waals surface area (Å²) in [6.45, 7) is 3.25. The molecule has 1 atom stereocenters. The normalized spacial score (nSPS) is 20.1. The summed E-state index contributed by atoms with van der Waals surface area (Å²) in [6, 6.07) is 7.47. The first kappa shape index (κ1) is 10.9. The molecule has 2 rings (SSSR count). The van der Waals surface area contributed by atoms with Crippen LogP contribution in [0.3, 0.4) is 0 Å². The zero-order valence-electron chi connectivity index (χ0n) is 9.43. The molecule has 1 aromatic rings. The van der Waals surface area contributed by atoms with Gasteiger partial charge in [0.25, 0.3) is 5.69 Å². The zero-order valence-corrected chi connectivity index (χ0v) is 9.43. The standard InChI is InChI=1S/C12H16N2O2/c1-2-10-4-3-9-13(10)11-5-7-12(8-6-11)14(15)16/h5-8,10H,2-4,9H2,1H3. The van der Waals surface area contributed by atoms with Gasteiger partial charge in [-0.1, -0.05) is 6.92 Å². The van der Waals surface area contributed by atoms with Gasteiger partial charge in [-0.2, -0.15) is 0 Å². The summed E-state index contributed by atoms with van der Waals surface area (Å²) in [5, 5.41) is 10.5.